The fourth-order valence-electron chi connectivity index (χ4n) is 1.43. The van der Waals surface area contributed by atoms with Crippen molar-refractivity contribution in [1.29, 1.82) is 0 Å². The predicted octanol–water partition coefficient (Wildman–Crippen LogP) is 1.88. The summed E-state index contributed by atoms with van der Waals surface area (Å²) in [6.45, 7) is -0.107. The van der Waals surface area contributed by atoms with Crippen LogP contribution in [-0.2, 0) is 6.61 Å². The molecule has 0 fully saturated rings. The van der Waals surface area contributed by atoms with Crippen LogP contribution < -0.4 is 4.90 Å². The first kappa shape index (κ1) is 11.5. The molecule has 1 N–H and O–H groups in total. The van der Waals surface area contributed by atoms with Crippen molar-refractivity contribution in [1.82, 2.24) is 9.97 Å². The smallest absolute Gasteiger partial charge is 0.229 e. The van der Waals surface area contributed by atoms with Crippen LogP contribution >= 0.6 is 0 Å². The van der Waals surface area contributed by atoms with Gasteiger partial charge in [-0.05, 0) is 12.1 Å². The molecule has 0 aliphatic carbocycles. The molecule has 0 spiro atoms. The Morgan fingerprint density at radius 3 is 2.47 bits per heavy atom. The molecule has 1 heterocycles. The van der Waals surface area contributed by atoms with Gasteiger partial charge in [0.25, 0.3) is 0 Å². The summed E-state index contributed by atoms with van der Waals surface area (Å²) in [6, 6.07) is 6.41. The van der Waals surface area contributed by atoms with Gasteiger partial charge in [-0.3, -0.25) is 0 Å². The zero-order valence-electron chi connectivity index (χ0n) is 9.34. The molecule has 2 rings (SSSR count). The van der Waals surface area contributed by atoms with Gasteiger partial charge in [0.15, 0.2) is 0 Å². The molecule has 0 aliphatic heterocycles. The second-order valence-electron chi connectivity index (χ2n) is 3.56. The van der Waals surface area contributed by atoms with Crippen LogP contribution in [-0.4, -0.2) is 22.1 Å². The lowest BCUT2D eigenvalue weighted by Crippen LogP contribution is -2.14. The van der Waals surface area contributed by atoms with Crippen molar-refractivity contribution in [2.75, 3.05) is 11.9 Å². The number of rotatable bonds is 3. The number of hydrogen-bond donors (Lipinski definition) is 1. The lowest BCUT2D eigenvalue weighted by atomic mass is 10.3. The van der Waals surface area contributed by atoms with E-state index in [4.69, 9.17) is 5.11 Å². The number of aromatic nitrogens is 2. The van der Waals surface area contributed by atoms with Gasteiger partial charge in [0, 0.05) is 25.0 Å². The molecule has 0 aliphatic rings. The van der Waals surface area contributed by atoms with Gasteiger partial charge >= 0.3 is 0 Å². The monoisotopic (exact) mass is 233 g/mol. The largest absolute Gasteiger partial charge is 0.392 e. The van der Waals surface area contributed by atoms with Gasteiger partial charge in [0.2, 0.25) is 5.95 Å². The molecule has 0 unspecified atom stereocenters. The van der Waals surface area contributed by atoms with Gasteiger partial charge in [-0.1, -0.05) is 12.1 Å². The third kappa shape index (κ3) is 2.39. The number of para-hydroxylation sites is 1. The van der Waals surface area contributed by atoms with Gasteiger partial charge in [0.1, 0.15) is 5.82 Å². The van der Waals surface area contributed by atoms with E-state index in [9.17, 15) is 4.39 Å². The van der Waals surface area contributed by atoms with E-state index >= 15 is 0 Å². The standard InChI is InChI=1S/C12H12FN3O/c1-16(11-5-3-2-4-10(11)13)12-14-6-9(8-17)7-15-12/h2-7,17H,8H2,1H3. The average molecular weight is 233 g/mol. The van der Waals surface area contributed by atoms with E-state index in [1.54, 1.807) is 30.1 Å². The molecule has 88 valence electrons. The Bertz CT molecular complexity index is 501. The number of nitrogens with zero attached hydrogens (tertiary/aromatic N) is 3. The Labute approximate surface area is 98.4 Å². The van der Waals surface area contributed by atoms with Crippen molar-refractivity contribution in [2.45, 2.75) is 6.61 Å². The minimum atomic E-state index is -0.329. The molecule has 0 radical (unpaired) electrons. The van der Waals surface area contributed by atoms with Crippen molar-refractivity contribution in [2.24, 2.45) is 0 Å². The van der Waals surface area contributed by atoms with Crippen LogP contribution in [0, 0.1) is 5.82 Å². The van der Waals surface area contributed by atoms with Crippen LogP contribution in [0.4, 0.5) is 16.0 Å². The molecule has 0 saturated carbocycles. The molecular formula is C12H12FN3O. The number of aliphatic hydroxyl groups is 1. The lowest BCUT2D eigenvalue weighted by molar-refractivity contribution is 0.281. The van der Waals surface area contributed by atoms with E-state index in [0.29, 0.717) is 17.2 Å². The highest BCUT2D eigenvalue weighted by atomic mass is 19.1. The van der Waals surface area contributed by atoms with Crippen LogP contribution in [0.5, 0.6) is 0 Å². The van der Waals surface area contributed by atoms with Crippen molar-refractivity contribution < 1.29 is 9.50 Å². The Hall–Kier alpha value is -2.01. The molecule has 4 nitrogen and oxygen atoms in total. The second kappa shape index (κ2) is 4.88. The van der Waals surface area contributed by atoms with E-state index in [0.717, 1.165) is 0 Å². The molecule has 1 aromatic carbocycles. The van der Waals surface area contributed by atoms with Gasteiger partial charge < -0.3 is 10.0 Å². The number of halogens is 1. The zero-order valence-corrected chi connectivity index (χ0v) is 9.34. The van der Waals surface area contributed by atoms with Crippen molar-refractivity contribution in [3.05, 3.63) is 48.0 Å². The highest BCUT2D eigenvalue weighted by Gasteiger charge is 2.10. The van der Waals surface area contributed by atoms with Crippen LogP contribution in [0.25, 0.3) is 0 Å². The van der Waals surface area contributed by atoms with Crippen molar-refractivity contribution >= 4 is 11.6 Å². The molecule has 0 bridgehead atoms. The number of anilines is 2. The third-order valence-electron chi connectivity index (χ3n) is 2.39. The van der Waals surface area contributed by atoms with Gasteiger partial charge in [-0.25, -0.2) is 14.4 Å². The van der Waals surface area contributed by atoms with E-state index in [2.05, 4.69) is 9.97 Å². The molecular weight excluding hydrogens is 221 g/mol. The summed E-state index contributed by atoms with van der Waals surface area (Å²) in [5, 5.41) is 8.87. The SMILES string of the molecule is CN(c1ncc(CO)cn1)c1ccccc1F. The Balaban J connectivity index is 2.30. The van der Waals surface area contributed by atoms with Gasteiger partial charge in [0.05, 0.1) is 12.3 Å². The Morgan fingerprint density at radius 2 is 1.88 bits per heavy atom. The normalized spacial score (nSPS) is 10.3. The first-order valence-electron chi connectivity index (χ1n) is 5.12. The highest BCUT2D eigenvalue weighted by Crippen LogP contribution is 2.22. The van der Waals surface area contributed by atoms with Crippen molar-refractivity contribution in [3.8, 4) is 0 Å². The minimum Gasteiger partial charge on any atom is -0.392 e. The minimum absolute atomic E-state index is 0.107. The second-order valence-corrected chi connectivity index (χ2v) is 3.56. The summed E-state index contributed by atoms with van der Waals surface area (Å²) in [4.78, 5) is 9.66. The van der Waals surface area contributed by atoms with Crippen LogP contribution in [0.1, 0.15) is 5.56 Å². The fraction of sp³-hybridized carbons (Fsp3) is 0.167. The van der Waals surface area contributed by atoms with Crippen molar-refractivity contribution in [3.63, 3.8) is 0 Å². The molecule has 0 saturated heterocycles. The van der Waals surface area contributed by atoms with E-state index in [1.807, 2.05) is 0 Å². The molecule has 0 amide bonds. The van der Waals surface area contributed by atoms with Gasteiger partial charge in [-0.15, -0.1) is 0 Å². The van der Waals surface area contributed by atoms with Crippen LogP contribution in [0.15, 0.2) is 36.7 Å². The molecule has 1 aromatic heterocycles. The Kier molecular flexibility index (Phi) is 3.30. The third-order valence-corrected chi connectivity index (χ3v) is 2.39. The summed E-state index contributed by atoms with van der Waals surface area (Å²) in [7, 11) is 1.69. The summed E-state index contributed by atoms with van der Waals surface area (Å²) in [5.74, 6) is 0.0529. The van der Waals surface area contributed by atoms with E-state index in [-0.39, 0.29) is 12.4 Å². The zero-order chi connectivity index (χ0) is 12.3. The molecule has 17 heavy (non-hydrogen) atoms. The molecule has 5 heteroatoms. The molecule has 2 aromatic rings. The maximum Gasteiger partial charge on any atom is 0.229 e. The number of benzene rings is 1. The fourth-order valence-corrected chi connectivity index (χ4v) is 1.43. The number of aliphatic hydroxyl groups excluding tert-OH is 1. The first-order valence-corrected chi connectivity index (χ1v) is 5.12. The number of hydrogen-bond acceptors (Lipinski definition) is 4. The Morgan fingerprint density at radius 1 is 1.24 bits per heavy atom. The summed E-state index contributed by atoms with van der Waals surface area (Å²) >= 11 is 0. The lowest BCUT2D eigenvalue weighted by Gasteiger charge is -2.17. The topological polar surface area (TPSA) is 49.2 Å². The maximum atomic E-state index is 13.5. The van der Waals surface area contributed by atoms with Crippen LogP contribution in [0.2, 0.25) is 0 Å². The quantitative estimate of drug-likeness (QED) is 0.879. The van der Waals surface area contributed by atoms with E-state index < -0.39 is 0 Å². The summed E-state index contributed by atoms with van der Waals surface area (Å²) in [6.07, 6.45) is 3.03. The van der Waals surface area contributed by atoms with Crippen LogP contribution in [0.3, 0.4) is 0 Å². The van der Waals surface area contributed by atoms with E-state index in [1.165, 1.54) is 18.5 Å². The first-order chi connectivity index (χ1) is 8.22. The maximum absolute atomic E-state index is 13.5. The summed E-state index contributed by atoms with van der Waals surface area (Å²) < 4.78 is 13.5. The van der Waals surface area contributed by atoms with Gasteiger partial charge in [-0.2, -0.15) is 0 Å². The highest BCUT2D eigenvalue weighted by molar-refractivity contribution is 5.56. The predicted molar refractivity (Wildman–Crippen MR) is 62.4 cm³/mol. The summed E-state index contributed by atoms with van der Waals surface area (Å²) in [5.41, 5.74) is 1.03. The average Bonchev–Trinajstić information content (AvgIpc) is 2.39. The molecule has 0 atom stereocenters.